The van der Waals surface area contributed by atoms with E-state index >= 15 is 0 Å². The number of hydrogen-bond acceptors (Lipinski definition) is 4. The Balaban J connectivity index is 2.97. The molecule has 0 saturated heterocycles. The van der Waals surface area contributed by atoms with Gasteiger partial charge in [0.2, 0.25) is 0 Å². The molecule has 5 nitrogen and oxygen atoms in total. The van der Waals surface area contributed by atoms with Crippen molar-refractivity contribution in [2.24, 2.45) is 4.99 Å². The van der Waals surface area contributed by atoms with Gasteiger partial charge in [-0.2, -0.15) is 0 Å². The Labute approximate surface area is 86.6 Å². The fourth-order valence-electron chi connectivity index (χ4n) is 1.08. The van der Waals surface area contributed by atoms with Crippen LogP contribution in [0.25, 0.3) is 0 Å². The first-order valence-electron chi connectivity index (χ1n) is 4.36. The first kappa shape index (κ1) is 11.0. The van der Waals surface area contributed by atoms with Crippen molar-refractivity contribution in [1.82, 2.24) is 0 Å². The van der Waals surface area contributed by atoms with Crippen molar-refractivity contribution in [3.63, 3.8) is 0 Å². The topological polar surface area (TPSA) is 72.6 Å². The van der Waals surface area contributed by atoms with Gasteiger partial charge < -0.3 is 4.79 Å². The van der Waals surface area contributed by atoms with E-state index in [1.165, 1.54) is 12.3 Å². The molecule has 1 rings (SSSR count). The first-order valence-corrected chi connectivity index (χ1v) is 4.36. The third kappa shape index (κ3) is 2.98. The number of carbonyl (C=O) groups is 1. The fraction of sp³-hybridized carbons (Fsp3) is 0.200. The van der Waals surface area contributed by atoms with Crippen LogP contribution in [0.1, 0.15) is 12.0 Å². The Morgan fingerprint density at radius 2 is 2.27 bits per heavy atom. The largest absolute Gasteiger partial charge is 0.303 e. The lowest BCUT2D eigenvalue weighted by Gasteiger charge is -1.97. The average Bonchev–Trinajstić information content (AvgIpc) is 2.20. The lowest BCUT2D eigenvalue weighted by atomic mass is 10.2. The second kappa shape index (κ2) is 4.99. The van der Waals surface area contributed by atoms with Gasteiger partial charge in [-0.25, -0.2) is 0 Å². The molecule has 0 unspecified atom stereocenters. The van der Waals surface area contributed by atoms with Crippen molar-refractivity contribution in [3.8, 4) is 0 Å². The van der Waals surface area contributed by atoms with Crippen molar-refractivity contribution in [2.75, 3.05) is 0 Å². The zero-order valence-corrected chi connectivity index (χ0v) is 8.21. The van der Waals surface area contributed by atoms with E-state index in [1.54, 1.807) is 19.1 Å². The molecule has 0 fully saturated rings. The predicted octanol–water partition coefficient (Wildman–Crippen LogP) is 2.19. The SMILES string of the molecule is Cc1ccc(N=CCC=O)cc1[N+](=O)[O-]. The molecular formula is C10H10N2O3. The summed E-state index contributed by atoms with van der Waals surface area (Å²) in [6, 6.07) is 4.69. The van der Waals surface area contributed by atoms with E-state index in [2.05, 4.69) is 4.99 Å². The number of aryl methyl sites for hydroxylation is 1. The van der Waals surface area contributed by atoms with Crippen LogP contribution < -0.4 is 0 Å². The number of nitrogens with zero attached hydrogens (tertiary/aromatic N) is 2. The van der Waals surface area contributed by atoms with Gasteiger partial charge in [0.1, 0.15) is 6.29 Å². The van der Waals surface area contributed by atoms with E-state index in [1.807, 2.05) is 0 Å². The monoisotopic (exact) mass is 206 g/mol. The number of hydrogen-bond donors (Lipinski definition) is 0. The van der Waals surface area contributed by atoms with E-state index in [9.17, 15) is 14.9 Å². The second-order valence-electron chi connectivity index (χ2n) is 2.94. The Hall–Kier alpha value is -2.04. The molecule has 0 bridgehead atoms. The van der Waals surface area contributed by atoms with Gasteiger partial charge in [0.25, 0.3) is 5.69 Å². The molecule has 0 aliphatic rings. The van der Waals surface area contributed by atoms with Gasteiger partial charge in [-0.15, -0.1) is 0 Å². The molecule has 0 amide bonds. The summed E-state index contributed by atoms with van der Waals surface area (Å²) < 4.78 is 0. The molecule has 0 atom stereocenters. The van der Waals surface area contributed by atoms with E-state index < -0.39 is 4.92 Å². The van der Waals surface area contributed by atoms with Gasteiger partial charge in [-0.3, -0.25) is 15.1 Å². The van der Waals surface area contributed by atoms with Crippen molar-refractivity contribution in [2.45, 2.75) is 13.3 Å². The fourth-order valence-corrected chi connectivity index (χ4v) is 1.08. The van der Waals surface area contributed by atoms with E-state index in [4.69, 9.17) is 0 Å². The number of nitro groups is 1. The van der Waals surface area contributed by atoms with E-state index in [0.717, 1.165) is 0 Å². The van der Waals surface area contributed by atoms with Crippen molar-refractivity contribution >= 4 is 23.9 Å². The summed E-state index contributed by atoms with van der Waals surface area (Å²) in [5.74, 6) is 0. The standard InChI is InChI=1S/C10H10N2O3/c1-8-3-4-9(11-5-2-6-13)7-10(8)12(14)15/h3-7H,2H2,1H3. The van der Waals surface area contributed by atoms with Crippen molar-refractivity contribution < 1.29 is 9.72 Å². The molecule has 1 aromatic rings. The summed E-state index contributed by atoms with van der Waals surface area (Å²) in [7, 11) is 0. The van der Waals surface area contributed by atoms with Crippen LogP contribution in [0, 0.1) is 17.0 Å². The van der Waals surface area contributed by atoms with Crippen LogP contribution in [0.4, 0.5) is 11.4 Å². The zero-order valence-electron chi connectivity index (χ0n) is 8.21. The molecular weight excluding hydrogens is 196 g/mol. The lowest BCUT2D eigenvalue weighted by Crippen LogP contribution is -1.90. The van der Waals surface area contributed by atoms with E-state index in [-0.39, 0.29) is 12.1 Å². The smallest absolute Gasteiger partial charge is 0.274 e. The molecule has 0 aliphatic heterocycles. The van der Waals surface area contributed by atoms with Crippen LogP contribution in [-0.4, -0.2) is 17.4 Å². The Morgan fingerprint density at radius 3 is 2.87 bits per heavy atom. The summed E-state index contributed by atoms with van der Waals surface area (Å²) in [5.41, 5.74) is 1.11. The molecule has 1 aromatic carbocycles. The molecule has 0 saturated carbocycles. The van der Waals surface area contributed by atoms with Crippen LogP contribution in [0.5, 0.6) is 0 Å². The molecule has 0 aromatic heterocycles. The Kier molecular flexibility index (Phi) is 3.68. The lowest BCUT2D eigenvalue weighted by molar-refractivity contribution is -0.385. The third-order valence-corrected chi connectivity index (χ3v) is 1.83. The summed E-state index contributed by atoms with van der Waals surface area (Å²) in [5, 5.41) is 10.6. The molecule has 0 spiro atoms. The molecule has 0 radical (unpaired) electrons. The number of benzene rings is 1. The highest BCUT2D eigenvalue weighted by Crippen LogP contribution is 2.23. The van der Waals surface area contributed by atoms with Crippen LogP contribution in [0.2, 0.25) is 0 Å². The zero-order chi connectivity index (χ0) is 11.3. The van der Waals surface area contributed by atoms with Gasteiger partial charge in [0.15, 0.2) is 0 Å². The van der Waals surface area contributed by atoms with Gasteiger partial charge in [-0.05, 0) is 13.0 Å². The minimum atomic E-state index is -0.450. The molecule has 78 valence electrons. The van der Waals surface area contributed by atoms with Crippen molar-refractivity contribution in [3.05, 3.63) is 33.9 Å². The van der Waals surface area contributed by atoms with Gasteiger partial charge in [0, 0.05) is 24.3 Å². The molecule has 0 aliphatic carbocycles. The minimum Gasteiger partial charge on any atom is -0.303 e. The average molecular weight is 206 g/mol. The second-order valence-corrected chi connectivity index (χ2v) is 2.94. The number of rotatable bonds is 4. The van der Waals surface area contributed by atoms with E-state index in [0.29, 0.717) is 17.5 Å². The summed E-state index contributed by atoms with van der Waals surface area (Å²) in [4.78, 5) is 24.1. The number of aldehydes is 1. The quantitative estimate of drug-likeness (QED) is 0.328. The highest BCUT2D eigenvalue weighted by atomic mass is 16.6. The number of carbonyl (C=O) groups excluding carboxylic acids is 1. The summed E-state index contributed by atoms with van der Waals surface area (Å²) in [6.45, 7) is 1.66. The maximum atomic E-state index is 10.6. The van der Waals surface area contributed by atoms with Crippen molar-refractivity contribution in [1.29, 1.82) is 0 Å². The number of aliphatic imine (C=N–C) groups is 1. The van der Waals surface area contributed by atoms with Gasteiger partial charge in [-0.1, -0.05) is 6.07 Å². The minimum absolute atomic E-state index is 0.0377. The molecule has 0 heterocycles. The Bertz CT molecular complexity index is 413. The Morgan fingerprint density at radius 1 is 1.53 bits per heavy atom. The third-order valence-electron chi connectivity index (χ3n) is 1.83. The molecule has 0 N–H and O–H groups in total. The van der Waals surface area contributed by atoms with Crippen LogP contribution in [-0.2, 0) is 4.79 Å². The van der Waals surface area contributed by atoms with Crippen LogP contribution in [0.15, 0.2) is 23.2 Å². The predicted molar refractivity (Wildman–Crippen MR) is 56.7 cm³/mol. The first-order chi connectivity index (χ1) is 7.15. The van der Waals surface area contributed by atoms with Crippen LogP contribution >= 0.6 is 0 Å². The highest BCUT2D eigenvalue weighted by molar-refractivity contribution is 5.78. The summed E-state index contributed by atoms with van der Waals surface area (Å²) in [6.07, 6.45) is 2.34. The normalized spacial score (nSPS) is 10.5. The maximum absolute atomic E-state index is 10.6. The molecule has 15 heavy (non-hydrogen) atoms. The molecule has 5 heteroatoms. The number of nitro benzene ring substituents is 1. The summed E-state index contributed by atoms with van der Waals surface area (Å²) >= 11 is 0. The van der Waals surface area contributed by atoms with Gasteiger partial charge >= 0.3 is 0 Å². The maximum Gasteiger partial charge on any atom is 0.274 e. The highest BCUT2D eigenvalue weighted by Gasteiger charge is 2.09. The van der Waals surface area contributed by atoms with Crippen LogP contribution in [0.3, 0.4) is 0 Å². The van der Waals surface area contributed by atoms with Gasteiger partial charge in [0.05, 0.1) is 10.6 Å².